The summed E-state index contributed by atoms with van der Waals surface area (Å²) in [4.78, 5) is 11.2. The summed E-state index contributed by atoms with van der Waals surface area (Å²) in [5.74, 6) is -0.184. The van der Waals surface area contributed by atoms with E-state index in [9.17, 15) is 4.79 Å². The quantitative estimate of drug-likeness (QED) is 0.784. The lowest BCUT2D eigenvalue weighted by Crippen LogP contribution is -2.01. The van der Waals surface area contributed by atoms with Crippen molar-refractivity contribution in [2.24, 2.45) is 0 Å². The van der Waals surface area contributed by atoms with Crippen molar-refractivity contribution < 1.29 is 9.53 Å². The first-order valence-electron chi connectivity index (χ1n) is 5.63. The molecule has 1 aromatic rings. The number of rotatable bonds is 4. The van der Waals surface area contributed by atoms with Gasteiger partial charge in [-0.3, -0.25) is 4.79 Å². The van der Waals surface area contributed by atoms with E-state index in [2.05, 4.69) is 41.9 Å². The van der Waals surface area contributed by atoms with Gasteiger partial charge in [0.1, 0.15) is 0 Å². The van der Waals surface area contributed by atoms with Crippen LogP contribution in [0.1, 0.15) is 30.0 Å². The van der Waals surface area contributed by atoms with E-state index in [4.69, 9.17) is 4.74 Å². The number of carbonyl (C=O) groups excluding carboxylic acids is 1. The fraction of sp³-hybridized carbons (Fsp3) is 0.357. The van der Waals surface area contributed by atoms with Gasteiger partial charge in [0, 0.05) is 4.47 Å². The minimum atomic E-state index is -0.184. The van der Waals surface area contributed by atoms with Crippen LogP contribution in [0.5, 0.6) is 0 Å². The van der Waals surface area contributed by atoms with Gasteiger partial charge in [0.15, 0.2) is 0 Å². The van der Waals surface area contributed by atoms with Gasteiger partial charge in [-0.15, -0.1) is 0 Å². The molecule has 0 radical (unpaired) electrons. The Bertz CT molecular complexity index is 413. The Hall–Kier alpha value is -1.09. The molecule has 0 saturated carbocycles. The van der Waals surface area contributed by atoms with Gasteiger partial charge in [-0.25, -0.2) is 0 Å². The molecule has 17 heavy (non-hydrogen) atoms. The number of esters is 1. The number of ether oxygens (including phenoxy) is 1. The summed E-state index contributed by atoms with van der Waals surface area (Å²) >= 11 is 3.46. The highest BCUT2D eigenvalue weighted by molar-refractivity contribution is 9.10. The lowest BCUT2D eigenvalue weighted by Gasteiger charge is -2.06. The van der Waals surface area contributed by atoms with Gasteiger partial charge >= 0.3 is 5.97 Å². The van der Waals surface area contributed by atoms with Crippen molar-refractivity contribution in [2.75, 3.05) is 6.61 Å². The number of benzene rings is 1. The van der Waals surface area contributed by atoms with E-state index in [0.717, 1.165) is 10.0 Å². The SMILES string of the molecule is CCOC(=O)CC=Cc1c(C)cc(Br)cc1C. The molecule has 0 unspecified atom stereocenters. The third kappa shape index (κ3) is 4.35. The van der Waals surface area contributed by atoms with Gasteiger partial charge < -0.3 is 4.74 Å². The molecule has 0 heterocycles. The van der Waals surface area contributed by atoms with E-state index in [1.807, 2.05) is 19.1 Å². The Morgan fingerprint density at radius 2 is 1.94 bits per heavy atom. The van der Waals surface area contributed by atoms with Crippen molar-refractivity contribution >= 4 is 28.0 Å². The highest BCUT2D eigenvalue weighted by Gasteiger charge is 2.02. The lowest BCUT2D eigenvalue weighted by atomic mass is 10.0. The topological polar surface area (TPSA) is 26.3 Å². The Kier molecular flexibility index (Phi) is 5.42. The first kappa shape index (κ1) is 14.0. The summed E-state index contributed by atoms with van der Waals surface area (Å²) in [6.07, 6.45) is 4.15. The molecule has 0 atom stereocenters. The molecule has 0 fully saturated rings. The van der Waals surface area contributed by atoms with E-state index in [1.165, 1.54) is 11.1 Å². The summed E-state index contributed by atoms with van der Waals surface area (Å²) in [6.45, 7) is 6.36. The third-order valence-corrected chi connectivity index (χ3v) is 2.89. The van der Waals surface area contributed by atoms with E-state index in [1.54, 1.807) is 0 Å². The predicted octanol–water partition coefficient (Wildman–Crippen LogP) is 4.03. The summed E-state index contributed by atoms with van der Waals surface area (Å²) in [6, 6.07) is 4.13. The van der Waals surface area contributed by atoms with Crippen LogP contribution in [0.15, 0.2) is 22.7 Å². The molecule has 92 valence electrons. The third-order valence-electron chi connectivity index (χ3n) is 2.43. The van der Waals surface area contributed by atoms with Crippen LogP contribution in [-0.2, 0) is 9.53 Å². The molecule has 0 spiro atoms. The van der Waals surface area contributed by atoms with Crippen molar-refractivity contribution in [2.45, 2.75) is 27.2 Å². The molecule has 0 aliphatic heterocycles. The highest BCUT2D eigenvalue weighted by Crippen LogP contribution is 2.21. The zero-order chi connectivity index (χ0) is 12.8. The van der Waals surface area contributed by atoms with Crippen LogP contribution in [0.3, 0.4) is 0 Å². The van der Waals surface area contributed by atoms with Crippen molar-refractivity contribution in [3.8, 4) is 0 Å². The van der Waals surface area contributed by atoms with Gasteiger partial charge in [-0.1, -0.05) is 28.1 Å². The molecule has 0 N–H and O–H groups in total. The van der Waals surface area contributed by atoms with Crippen LogP contribution < -0.4 is 0 Å². The molecule has 0 aliphatic rings. The molecular weight excluding hydrogens is 280 g/mol. The number of aryl methyl sites for hydroxylation is 2. The second-order valence-corrected chi connectivity index (χ2v) is 4.78. The summed E-state index contributed by atoms with van der Waals surface area (Å²) < 4.78 is 5.94. The van der Waals surface area contributed by atoms with Crippen LogP contribution in [0.4, 0.5) is 0 Å². The first-order chi connectivity index (χ1) is 8.04. The fourth-order valence-corrected chi connectivity index (χ4v) is 2.36. The summed E-state index contributed by atoms with van der Waals surface area (Å²) in [7, 11) is 0. The maximum Gasteiger partial charge on any atom is 0.309 e. The van der Waals surface area contributed by atoms with Crippen molar-refractivity contribution in [3.63, 3.8) is 0 Å². The molecule has 1 aromatic carbocycles. The number of halogens is 1. The molecule has 0 amide bonds. The fourth-order valence-electron chi connectivity index (χ4n) is 1.68. The average molecular weight is 297 g/mol. The minimum absolute atomic E-state index is 0.184. The van der Waals surface area contributed by atoms with Gasteiger partial charge in [-0.05, 0) is 49.6 Å². The molecule has 1 rings (SSSR count). The second-order valence-electron chi connectivity index (χ2n) is 3.86. The first-order valence-corrected chi connectivity index (χ1v) is 6.42. The van der Waals surface area contributed by atoms with E-state index < -0.39 is 0 Å². The van der Waals surface area contributed by atoms with Crippen LogP contribution >= 0.6 is 15.9 Å². The Morgan fingerprint density at radius 1 is 1.35 bits per heavy atom. The molecule has 0 saturated heterocycles. The smallest absolute Gasteiger partial charge is 0.309 e. The Morgan fingerprint density at radius 3 is 2.47 bits per heavy atom. The predicted molar refractivity (Wildman–Crippen MR) is 73.9 cm³/mol. The molecule has 0 bridgehead atoms. The zero-order valence-electron chi connectivity index (χ0n) is 10.4. The van der Waals surface area contributed by atoms with Crippen molar-refractivity contribution in [3.05, 3.63) is 39.4 Å². The standard InChI is InChI=1S/C14H17BrO2/c1-4-17-14(16)7-5-6-13-10(2)8-12(15)9-11(13)3/h5-6,8-9H,4,7H2,1-3H3. The van der Waals surface area contributed by atoms with Crippen LogP contribution in [0.2, 0.25) is 0 Å². The van der Waals surface area contributed by atoms with E-state index >= 15 is 0 Å². The minimum Gasteiger partial charge on any atom is -0.466 e. The maximum absolute atomic E-state index is 11.2. The average Bonchev–Trinajstić information content (AvgIpc) is 2.22. The van der Waals surface area contributed by atoms with Crippen LogP contribution in [0.25, 0.3) is 6.08 Å². The van der Waals surface area contributed by atoms with Crippen LogP contribution in [0, 0.1) is 13.8 Å². The molecule has 3 heteroatoms. The number of carbonyl (C=O) groups is 1. The van der Waals surface area contributed by atoms with Gasteiger partial charge in [0.05, 0.1) is 13.0 Å². The number of hydrogen-bond acceptors (Lipinski definition) is 2. The summed E-state index contributed by atoms with van der Waals surface area (Å²) in [5, 5.41) is 0. The lowest BCUT2D eigenvalue weighted by molar-refractivity contribution is -0.142. The molecule has 2 nitrogen and oxygen atoms in total. The van der Waals surface area contributed by atoms with Crippen molar-refractivity contribution in [1.82, 2.24) is 0 Å². The zero-order valence-corrected chi connectivity index (χ0v) is 12.0. The van der Waals surface area contributed by atoms with E-state index in [-0.39, 0.29) is 5.97 Å². The summed E-state index contributed by atoms with van der Waals surface area (Å²) in [5.41, 5.74) is 3.55. The maximum atomic E-state index is 11.2. The molecular formula is C14H17BrO2. The van der Waals surface area contributed by atoms with Gasteiger partial charge in [-0.2, -0.15) is 0 Å². The Labute approximate surface area is 111 Å². The highest BCUT2D eigenvalue weighted by atomic mass is 79.9. The normalized spacial score (nSPS) is 10.8. The van der Waals surface area contributed by atoms with Gasteiger partial charge in [0.25, 0.3) is 0 Å². The molecule has 0 aliphatic carbocycles. The monoisotopic (exact) mass is 296 g/mol. The van der Waals surface area contributed by atoms with E-state index in [0.29, 0.717) is 13.0 Å². The Balaban J connectivity index is 2.75. The van der Waals surface area contributed by atoms with Gasteiger partial charge in [0.2, 0.25) is 0 Å². The number of hydrogen-bond donors (Lipinski definition) is 0. The van der Waals surface area contributed by atoms with Crippen molar-refractivity contribution in [1.29, 1.82) is 0 Å². The second kappa shape index (κ2) is 6.60. The largest absolute Gasteiger partial charge is 0.466 e. The molecule has 0 aromatic heterocycles. The van der Waals surface area contributed by atoms with Crippen LogP contribution in [-0.4, -0.2) is 12.6 Å².